The molecule has 0 spiro atoms. The van der Waals surface area contributed by atoms with E-state index in [2.05, 4.69) is 30.8 Å². The van der Waals surface area contributed by atoms with Gasteiger partial charge in [0, 0.05) is 13.6 Å². The van der Waals surface area contributed by atoms with Crippen LogP contribution in [0.2, 0.25) is 0 Å². The molecule has 0 fully saturated rings. The fourth-order valence-electron chi connectivity index (χ4n) is 1.43. The molecule has 1 amide bonds. The zero-order valence-electron chi connectivity index (χ0n) is 10.8. The Hall–Kier alpha value is -2.51. The maximum Gasteiger partial charge on any atom is 0.271 e. The summed E-state index contributed by atoms with van der Waals surface area (Å²) in [5, 5.41) is 13.3. The largest absolute Gasteiger partial charge is 0.369 e. The van der Waals surface area contributed by atoms with Crippen molar-refractivity contribution in [2.24, 2.45) is 7.05 Å². The number of carbonyl (C=O) groups is 1. The van der Waals surface area contributed by atoms with E-state index in [0.717, 1.165) is 6.54 Å². The van der Waals surface area contributed by atoms with Gasteiger partial charge in [-0.1, -0.05) is 0 Å². The Kier molecular flexibility index (Phi) is 4.01. The van der Waals surface area contributed by atoms with Crippen molar-refractivity contribution < 1.29 is 4.79 Å². The molecule has 2 aromatic rings. The molecule has 0 aromatic carbocycles. The Morgan fingerprint density at radius 1 is 1.37 bits per heavy atom. The van der Waals surface area contributed by atoms with Crippen molar-refractivity contribution >= 4 is 11.7 Å². The number of anilines is 1. The van der Waals surface area contributed by atoms with Crippen LogP contribution in [-0.2, 0) is 13.6 Å². The zero-order chi connectivity index (χ0) is 13.7. The van der Waals surface area contributed by atoms with E-state index in [1.807, 2.05) is 14.0 Å². The number of hydrogen-bond donors (Lipinski definition) is 2. The van der Waals surface area contributed by atoms with Crippen LogP contribution in [0.25, 0.3) is 0 Å². The minimum Gasteiger partial charge on any atom is -0.369 e. The second-order valence-corrected chi connectivity index (χ2v) is 3.86. The van der Waals surface area contributed by atoms with Crippen molar-refractivity contribution in [3.05, 3.63) is 30.2 Å². The average molecular weight is 261 g/mol. The Morgan fingerprint density at radius 3 is 2.79 bits per heavy atom. The molecule has 0 aliphatic rings. The lowest BCUT2D eigenvalue weighted by Crippen LogP contribution is -2.25. The monoisotopic (exact) mass is 261 g/mol. The van der Waals surface area contributed by atoms with E-state index in [1.165, 1.54) is 12.4 Å². The number of rotatable bonds is 5. The van der Waals surface area contributed by atoms with Gasteiger partial charge in [-0.2, -0.15) is 0 Å². The van der Waals surface area contributed by atoms with Crippen LogP contribution in [0.3, 0.4) is 0 Å². The molecule has 0 saturated carbocycles. The minimum absolute atomic E-state index is 0.267. The van der Waals surface area contributed by atoms with Gasteiger partial charge in [-0.25, -0.2) is 9.97 Å². The molecule has 0 saturated heterocycles. The molecular weight excluding hydrogens is 246 g/mol. The van der Waals surface area contributed by atoms with Gasteiger partial charge in [-0.15, -0.1) is 10.2 Å². The lowest BCUT2D eigenvalue weighted by Gasteiger charge is -2.05. The first kappa shape index (κ1) is 12.9. The summed E-state index contributed by atoms with van der Waals surface area (Å²) in [6, 6.07) is 0. The van der Waals surface area contributed by atoms with Gasteiger partial charge < -0.3 is 15.2 Å². The molecule has 19 heavy (non-hydrogen) atoms. The van der Waals surface area contributed by atoms with Crippen molar-refractivity contribution in [3.8, 4) is 0 Å². The van der Waals surface area contributed by atoms with Crippen LogP contribution in [0.15, 0.2) is 18.7 Å². The number of aryl methyl sites for hydroxylation is 1. The normalized spacial score (nSPS) is 10.2. The van der Waals surface area contributed by atoms with E-state index in [4.69, 9.17) is 0 Å². The number of hydrogen-bond acceptors (Lipinski definition) is 6. The first-order chi connectivity index (χ1) is 9.20. The Balaban J connectivity index is 1.94. The molecule has 2 heterocycles. The van der Waals surface area contributed by atoms with Crippen molar-refractivity contribution in [1.29, 1.82) is 0 Å². The van der Waals surface area contributed by atoms with E-state index in [1.54, 1.807) is 10.9 Å². The van der Waals surface area contributed by atoms with Gasteiger partial charge in [0.05, 0.1) is 18.9 Å². The molecule has 8 heteroatoms. The van der Waals surface area contributed by atoms with Crippen LogP contribution in [0, 0.1) is 0 Å². The van der Waals surface area contributed by atoms with Crippen molar-refractivity contribution in [2.75, 3.05) is 11.9 Å². The summed E-state index contributed by atoms with van der Waals surface area (Å²) < 4.78 is 1.74. The number of amides is 1. The fraction of sp³-hybridized carbons (Fsp3) is 0.364. The maximum atomic E-state index is 11.8. The van der Waals surface area contributed by atoms with E-state index < -0.39 is 0 Å². The van der Waals surface area contributed by atoms with Crippen LogP contribution in [0.4, 0.5) is 5.82 Å². The molecule has 0 atom stereocenters. The maximum absolute atomic E-state index is 11.8. The fourth-order valence-corrected chi connectivity index (χ4v) is 1.43. The third-order valence-electron chi connectivity index (χ3n) is 2.45. The molecule has 0 bridgehead atoms. The highest BCUT2D eigenvalue weighted by atomic mass is 16.1. The molecule has 8 nitrogen and oxygen atoms in total. The van der Waals surface area contributed by atoms with E-state index in [9.17, 15) is 4.79 Å². The average Bonchev–Trinajstić information content (AvgIpc) is 2.83. The highest BCUT2D eigenvalue weighted by Gasteiger charge is 2.09. The molecule has 100 valence electrons. The summed E-state index contributed by atoms with van der Waals surface area (Å²) in [5.41, 5.74) is 0.267. The van der Waals surface area contributed by atoms with Gasteiger partial charge >= 0.3 is 0 Å². The summed E-state index contributed by atoms with van der Waals surface area (Å²) in [7, 11) is 1.81. The first-order valence-electron chi connectivity index (χ1n) is 5.87. The molecule has 0 radical (unpaired) electrons. The van der Waals surface area contributed by atoms with Gasteiger partial charge in [-0.05, 0) is 6.92 Å². The predicted molar refractivity (Wildman–Crippen MR) is 68.4 cm³/mol. The van der Waals surface area contributed by atoms with Gasteiger partial charge in [0.15, 0.2) is 5.82 Å². The Bertz CT molecular complexity index is 548. The number of nitrogens with one attached hydrogen (secondary N) is 2. The van der Waals surface area contributed by atoms with Crippen LogP contribution in [0.5, 0.6) is 0 Å². The molecule has 0 unspecified atom stereocenters. The van der Waals surface area contributed by atoms with Gasteiger partial charge in [0.1, 0.15) is 17.8 Å². The second-order valence-electron chi connectivity index (χ2n) is 3.86. The minimum atomic E-state index is -0.293. The number of carbonyl (C=O) groups excluding carboxylic acids is 1. The van der Waals surface area contributed by atoms with Crippen molar-refractivity contribution in [2.45, 2.75) is 13.5 Å². The summed E-state index contributed by atoms with van der Waals surface area (Å²) >= 11 is 0. The Labute approximate surface area is 110 Å². The highest BCUT2D eigenvalue weighted by Crippen LogP contribution is 2.01. The smallest absolute Gasteiger partial charge is 0.271 e. The first-order valence-corrected chi connectivity index (χ1v) is 5.87. The van der Waals surface area contributed by atoms with Crippen LogP contribution >= 0.6 is 0 Å². The van der Waals surface area contributed by atoms with Crippen LogP contribution < -0.4 is 10.6 Å². The van der Waals surface area contributed by atoms with E-state index in [0.29, 0.717) is 18.2 Å². The quantitative estimate of drug-likeness (QED) is 0.784. The Morgan fingerprint density at radius 2 is 2.21 bits per heavy atom. The number of nitrogens with zero attached hydrogens (tertiary/aromatic N) is 5. The molecular formula is C11H15N7O. The molecule has 0 aliphatic heterocycles. The molecule has 2 rings (SSSR count). The standard InChI is InChI=1S/C11H15N7O/c1-3-12-9-5-13-8(4-14-9)11(19)15-6-10-17-16-7-18(10)2/h4-5,7H,3,6H2,1-2H3,(H,12,14)(H,15,19). The summed E-state index contributed by atoms with van der Waals surface area (Å²) in [6.45, 7) is 3.02. The molecule has 2 N–H and O–H groups in total. The molecule has 0 aliphatic carbocycles. The third-order valence-corrected chi connectivity index (χ3v) is 2.45. The molecule has 2 aromatic heterocycles. The van der Waals surface area contributed by atoms with Crippen molar-refractivity contribution in [3.63, 3.8) is 0 Å². The topological polar surface area (TPSA) is 97.6 Å². The summed E-state index contributed by atoms with van der Waals surface area (Å²) in [4.78, 5) is 20.0. The van der Waals surface area contributed by atoms with E-state index in [-0.39, 0.29) is 11.6 Å². The van der Waals surface area contributed by atoms with Gasteiger partial charge in [0.25, 0.3) is 5.91 Å². The summed E-state index contributed by atoms with van der Waals surface area (Å²) in [5.74, 6) is 1.02. The van der Waals surface area contributed by atoms with Gasteiger partial charge in [0.2, 0.25) is 0 Å². The predicted octanol–water partition coefficient (Wildman–Crippen LogP) is -0.0331. The summed E-state index contributed by atoms with van der Waals surface area (Å²) in [6.07, 6.45) is 4.54. The highest BCUT2D eigenvalue weighted by molar-refractivity contribution is 5.91. The van der Waals surface area contributed by atoms with Crippen LogP contribution in [-0.4, -0.2) is 37.2 Å². The van der Waals surface area contributed by atoms with Crippen LogP contribution in [0.1, 0.15) is 23.2 Å². The SMILES string of the molecule is CCNc1cnc(C(=O)NCc2nncn2C)cn1. The lowest BCUT2D eigenvalue weighted by molar-refractivity contribution is 0.0944. The third kappa shape index (κ3) is 3.24. The lowest BCUT2D eigenvalue weighted by atomic mass is 10.4. The number of aromatic nitrogens is 5. The van der Waals surface area contributed by atoms with Crippen molar-refractivity contribution in [1.82, 2.24) is 30.0 Å². The van der Waals surface area contributed by atoms with Gasteiger partial charge in [-0.3, -0.25) is 4.79 Å². The second kappa shape index (κ2) is 5.89. The van der Waals surface area contributed by atoms with E-state index >= 15 is 0 Å². The zero-order valence-corrected chi connectivity index (χ0v) is 10.8.